The molecule has 4 nitrogen and oxygen atoms in total. The van der Waals surface area contributed by atoms with Crippen LogP contribution in [0.5, 0.6) is 5.75 Å². The molecule has 17 heavy (non-hydrogen) atoms. The van der Waals surface area contributed by atoms with Crippen LogP contribution in [0.1, 0.15) is 6.92 Å². The fraction of sp³-hybridized carbons (Fsp3) is 0.333. The minimum absolute atomic E-state index is 0.00673. The van der Waals surface area contributed by atoms with Crippen molar-refractivity contribution in [2.45, 2.75) is 6.92 Å². The van der Waals surface area contributed by atoms with Gasteiger partial charge in [0.25, 0.3) is 5.91 Å². The first kappa shape index (κ1) is 11.7. The third kappa shape index (κ3) is 2.34. The number of halogens is 1. The predicted molar refractivity (Wildman–Crippen MR) is 64.1 cm³/mol. The molecule has 2 rings (SSSR count). The lowest BCUT2D eigenvalue weighted by Gasteiger charge is -2.30. The quantitative estimate of drug-likeness (QED) is 0.809. The molecular weight excluding hydrogens is 240 g/mol. The second-order valence-electron chi connectivity index (χ2n) is 3.94. The number of hydrogen-bond acceptors (Lipinski definition) is 3. The van der Waals surface area contributed by atoms with Crippen LogP contribution < -0.4 is 9.64 Å². The normalized spacial score (nSPS) is 15.8. The zero-order valence-corrected chi connectivity index (χ0v) is 10.1. The summed E-state index contributed by atoms with van der Waals surface area (Å²) in [5, 5.41) is 9.35. The molecule has 1 aliphatic heterocycles. The SMILES string of the molecule is CC(C#N)CN1C(=O)COc2ccc(Cl)cc21. The molecule has 0 aliphatic carbocycles. The van der Waals surface area contributed by atoms with Crippen LogP contribution in [0.2, 0.25) is 5.02 Å². The third-order valence-corrected chi connectivity index (χ3v) is 2.78. The highest BCUT2D eigenvalue weighted by Gasteiger charge is 2.26. The summed E-state index contributed by atoms with van der Waals surface area (Å²) in [6.45, 7) is 2.13. The van der Waals surface area contributed by atoms with Gasteiger partial charge >= 0.3 is 0 Å². The molecule has 0 aromatic heterocycles. The Balaban J connectivity index is 2.36. The van der Waals surface area contributed by atoms with Crippen molar-refractivity contribution in [2.24, 2.45) is 5.92 Å². The zero-order chi connectivity index (χ0) is 12.4. The van der Waals surface area contributed by atoms with Gasteiger partial charge in [0.2, 0.25) is 0 Å². The van der Waals surface area contributed by atoms with Crippen molar-refractivity contribution in [3.8, 4) is 11.8 Å². The Morgan fingerprint density at radius 2 is 2.41 bits per heavy atom. The van der Waals surface area contributed by atoms with Gasteiger partial charge in [0.1, 0.15) is 5.75 Å². The molecule has 5 heteroatoms. The van der Waals surface area contributed by atoms with Gasteiger partial charge in [-0.15, -0.1) is 0 Å². The largest absolute Gasteiger partial charge is 0.482 e. The molecule has 0 fully saturated rings. The lowest BCUT2D eigenvalue weighted by Crippen LogP contribution is -2.41. The molecule has 1 aromatic carbocycles. The number of nitrogens with zero attached hydrogens (tertiary/aromatic N) is 2. The van der Waals surface area contributed by atoms with E-state index >= 15 is 0 Å². The molecular formula is C12H11ClN2O2. The highest BCUT2D eigenvalue weighted by atomic mass is 35.5. The minimum atomic E-state index is -0.233. The summed E-state index contributed by atoms with van der Waals surface area (Å²) in [5.74, 6) is 0.241. The second-order valence-corrected chi connectivity index (χ2v) is 4.37. The number of carbonyl (C=O) groups excluding carboxylic acids is 1. The van der Waals surface area contributed by atoms with E-state index in [1.54, 1.807) is 30.0 Å². The summed E-state index contributed by atoms with van der Waals surface area (Å²) in [6, 6.07) is 7.23. The minimum Gasteiger partial charge on any atom is -0.482 e. The highest BCUT2D eigenvalue weighted by Crippen LogP contribution is 2.34. The number of rotatable bonds is 2. The van der Waals surface area contributed by atoms with Crippen LogP contribution in [-0.4, -0.2) is 19.1 Å². The summed E-state index contributed by atoms with van der Waals surface area (Å²) in [4.78, 5) is 13.3. The van der Waals surface area contributed by atoms with Gasteiger partial charge in [-0.05, 0) is 25.1 Å². The van der Waals surface area contributed by atoms with Crippen LogP contribution >= 0.6 is 11.6 Å². The van der Waals surface area contributed by atoms with E-state index in [2.05, 4.69) is 6.07 Å². The number of hydrogen-bond donors (Lipinski definition) is 0. The zero-order valence-electron chi connectivity index (χ0n) is 9.31. The number of fused-ring (bicyclic) bond motifs is 1. The molecule has 1 unspecified atom stereocenters. The lowest BCUT2D eigenvalue weighted by molar-refractivity contribution is -0.121. The number of ether oxygens (including phenoxy) is 1. The summed E-state index contributed by atoms with van der Waals surface area (Å²) >= 11 is 5.90. The van der Waals surface area contributed by atoms with Crippen LogP contribution in [-0.2, 0) is 4.79 Å². The van der Waals surface area contributed by atoms with Crippen LogP contribution in [0.4, 0.5) is 5.69 Å². The first-order chi connectivity index (χ1) is 8.11. The fourth-order valence-electron chi connectivity index (χ4n) is 1.69. The van der Waals surface area contributed by atoms with Crippen molar-refractivity contribution in [3.63, 3.8) is 0 Å². The number of amides is 1. The third-order valence-electron chi connectivity index (χ3n) is 2.54. The van der Waals surface area contributed by atoms with Crippen LogP contribution in [0.25, 0.3) is 0 Å². The van der Waals surface area contributed by atoms with Gasteiger partial charge in [0, 0.05) is 11.6 Å². The Morgan fingerprint density at radius 1 is 1.65 bits per heavy atom. The summed E-state index contributed by atoms with van der Waals surface area (Å²) < 4.78 is 5.30. The smallest absolute Gasteiger partial charge is 0.265 e. The van der Waals surface area contributed by atoms with E-state index < -0.39 is 0 Å². The average molecular weight is 251 g/mol. The predicted octanol–water partition coefficient (Wildman–Crippen LogP) is 2.23. The molecule has 88 valence electrons. The number of anilines is 1. The van der Waals surface area contributed by atoms with Gasteiger partial charge in [-0.3, -0.25) is 4.79 Å². The van der Waals surface area contributed by atoms with Gasteiger partial charge in [-0.2, -0.15) is 5.26 Å². The van der Waals surface area contributed by atoms with E-state index in [9.17, 15) is 4.79 Å². The maximum absolute atomic E-state index is 11.8. The molecule has 1 amide bonds. The second kappa shape index (κ2) is 4.64. The molecule has 0 saturated carbocycles. The summed E-state index contributed by atoms with van der Waals surface area (Å²) in [6.07, 6.45) is 0. The Morgan fingerprint density at radius 3 is 3.12 bits per heavy atom. The van der Waals surface area contributed by atoms with E-state index in [0.717, 1.165) is 0 Å². The molecule has 0 radical (unpaired) electrons. The number of nitriles is 1. The Labute approximate surface area is 104 Å². The summed E-state index contributed by atoms with van der Waals surface area (Å²) in [7, 11) is 0. The standard InChI is InChI=1S/C12H11ClN2O2/c1-8(5-14)6-15-10-4-9(13)2-3-11(10)17-7-12(15)16/h2-4,8H,6-7H2,1H3. The molecule has 0 bridgehead atoms. The van der Waals surface area contributed by atoms with Crippen LogP contribution in [0, 0.1) is 17.2 Å². The summed E-state index contributed by atoms with van der Waals surface area (Å²) in [5.41, 5.74) is 0.635. The molecule has 0 saturated heterocycles. The van der Waals surface area contributed by atoms with Crippen molar-refractivity contribution >= 4 is 23.2 Å². The molecule has 1 atom stereocenters. The maximum Gasteiger partial charge on any atom is 0.265 e. The Bertz CT molecular complexity index is 496. The van der Waals surface area contributed by atoms with Crippen molar-refractivity contribution < 1.29 is 9.53 Å². The number of carbonyl (C=O) groups is 1. The fourth-order valence-corrected chi connectivity index (χ4v) is 1.86. The Hall–Kier alpha value is -1.73. The monoisotopic (exact) mass is 250 g/mol. The van der Waals surface area contributed by atoms with Crippen molar-refractivity contribution in [2.75, 3.05) is 18.1 Å². The topological polar surface area (TPSA) is 53.3 Å². The van der Waals surface area contributed by atoms with E-state index in [1.165, 1.54) is 0 Å². The molecule has 0 N–H and O–H groups in total. The van der Waals surface area contributed by atoms with E-state index in [4.69, 9.17) is 21.6 Å². The average Bonchev–Trinajstić information content (AvgIpc) is 2.32. The van der Waals surface area contributed by atoms with Gasteiger partial charge in [-0.1, -0.05) is 11.6 Å². The van der Waals surface area contributed by atoms with Crippen molar-refractivity contribution in [1.29, 1.82) is 5.26 Å². The van der Waals surface area contributed by atoms with Gasteiger partial charge in [-0.25, -0.2) is 0 Å². The molecule has 1 aromatic rings. The van der Waals surface area contributed by atoms with Crippen molar-refractivity contribution in [3.05, 3.63) is 23.2 Å². The highest BCUT2D eigenvalue weighted by molar-refractivity contribution is 6.31. The Kier molecular flexibility index (Phi) is 3.21. The maximum atomic E-state index is 11.8. The van der Waals surface area contributed by atoms with Gasteiger partial charge in [0.05, 0.1) is 17.7 Å². The van der Waals surface area contributed by atoms with E-state index in [-0.39, 0.29) is 18.4 Å². The van der Waals surface area contributed by atoms with E-state index in [0.29, 0.717) is 23.0 Å². The van der Waals surface area contributed by atoms with E-state index in [1.807, 2.05) is 0 Å². The van der Waals surface area contributed by atoms with Gasteiger partial charge < -0.3 is 9.64 Å². The molecule has 1 aliphatic rings. The molecule has 0 spiro atoms. The van der Waals surface area contributed by atoms with Crippen LogP contribution in [0.15, 0.2) is 18.2 Å². The first-order valence-corrected chi connectivity index (χ1v) is 5.62. The van der Waals surface area contributed by atoms with Gasteiger partial charge in [0.15, 0.2) is 6.61 Å². The van der Waals surface area contributed by atoms with Crippen LogP contribution in [0.3, 0.4) is 0 Å². The van der Waals surface area contributed by atoms with Crippen molar-refractivity contribution in [1.82, 2.24) is 0 Å². The molecule has 1 heterocycles. The number of benzene rings is 1. The first-order valence-electron chi connectivity index (χ1n) is 5.24. The lowest BCUT2D eigenvalue weighted by atomic mass is 10.1.